The average molecular weight is 388 g/mol. The minimum atomic E-state index is -3.61. The van der Waals surface area contributed by atoms with E-state index in [4.69, 9.17) is 0 Å². The first kappa shape index (κ1) is 17.2. The first-order valence-corrected chi connectivity index (χ1v) is 9.24. The summed E-state index contributed by atoms with van der Waals surface area (Å²) < 4.78 is 31.0. The van der Waals surface area contributed by atoms with Crippen LogP contribution in [-0.4, -0.2) is 44.6 Å². The van der Waals surface area contributed by atoms with Crippen molar-refractivity contribution >= 4 is 37.5 Å². The summed E-state index contributed by atoms with van der Waals surface area (Å²) >= 11 is 3.47. The number of ether oxygens (including phenoxy) is 1. The fourth-order valence-corrected chi connectivity index (χ4v) is 3.82. The van der Waals surface area contributed by atoms with E-state index < -0.39 is 21.7 Å². The Hall–Kier alpha value is -1.18. The topological polar surface area (TPSA) is 63.7 Å². The first-order chi connectivity index (χ1) is 10.3. The molecule has 120 valence electrons. The Morgan fingerprint density at radius 3 is 2.68 bits per heavy atom. The van der Waals surface area contributed by atoms with Gasteiger partial charge in [-0.05, 0) is 36.1 Å². The summed E-state index contributed by atoms with van der Waals surface area (Å²) in [5, 5.41) is 0. The smallest absolute Gasteiger partial charge is 0.322 e. The summed E-state index contributed by atoms with van der Waals surface area (Å²) in [5.41, 5.74) is 3.37. The number of methoxy groups -OCH3 is 1. The fourth-order valence-electron chi connectivity index (χ4n) is 2.31. The van der Waals surface area contributed by atoms with Gasteiger partial charge in [-0.3, -0.25) is 4.79 Å². The van der Waals surface area contributed by atoms with Crippen LogP contribution in [0.25, 0.3) is 5.57 Å². The van der Waals surface area contributed by atoms with Gasteiger partial charge in [0.15, 0.2) is 5.75 Å². The van der Waals surface area contributed by atoms with E-state index in [2.05, 4.69) is 26.7 Å². The van der Waals surface area contributed by atoms with Gasteiger partial charge in [0.25, 0.3) is 0 Å². The molecule has 0 unspecified atom stereocenters. The van der Waals surface area contributed by atoms with Crippen molar-refractivity contribution in [2.24, 2.45) is 0 Å². The van der Waals surface area contributed by atoms with Gasteiger partial charge < -0.3 is 4.74 Å². The van der Waals surface area contributed by atoms with Crippen molar-refractivity contribution in [1.82, 2.24) is 4.31 Å². The van der Waals surface area contributed by atoms with Crippen molar-refractivity contribution < 1.29 is 17.9 Å². The number of nitrogens with zero attached hydrogens (tertiary/aromatic N) is 1. The maximum atomic E-state index is 12.1. The highest BCUT2D eigenvalue weighted by Gasteiger charge is 2.27. The highest BCUT2D eigenvalue weighted by Crippen LogP contribution is 2.27. The second-order valence-electron chi connectivity index (χ2n) is 5.13. The van der Waals surface area contributed by atoms with Crippen molar-refractivity contribution in [3.05, 3.63) is 39.9 Å². The molecule has 0 amide bonds. The number of benzene rings is 1. The van der Waals surface area contributed by atoms with Crippen LogP contribution >= 0.6 is 15.9 Å². The lowest BCUT2D eigenvalue weighted by Crippen LogP contribution is -2.38. The van der Waals surface area contributed by atoms with Crippen molar-refractivity contribution in [2.45, 2.75) is 13.3 Å². The van der Waals surface area contributed by atoms with Gasteiger partial charge in [0.1, 0.15) is 0 Å². The van der Waals surface area contributed by atoms with Crippen LogP contribution in [0.2, 0.25) is 0 Å². The Morgan fingerprint density at radius 2 is 2.14 bits per heavy atom. The van der Waals surface area contributed by atoms with Gasteiger partial charge in [0.05, 0.1) is 7.11 Å². The lowest BCUT2D eigenvalue weighted by Gasteiger charge is -2.25. The fraction of sp³-hybridized carbons (Fsp3) is 0.400. The van der Waals surface area contributed by atoms with E-state index >= 15 is 0 Å². The summed E-state index contributed by atoms with van der Waals surface area (Å²) in [5.74, 6) is -1.34. The van der Waals surface area contributed by atoms with Gasteiger partial charge in [-0.2, -0.15) is 4.31 Å². The van der Waals surface area contributed by atoms with Crippen molar-refractivity contribution in [1.29, 1.82) is 0 Å². The third-order valence-electron chi connectivity index (χ3n) is 3.62. The predicted molar refractivity (Wildman–Crippen MR) is 88.8 cm³/mol. The van der Waals surface area contributed by atoms with Crippen LogP contribution in [0.1, 0.15) is 17.5 Å². The molecule has 1 aromatic rings. The third-order valence-corrected chi connectivity index (χ3v) is 6.23. The molecular weight excluding hydrogens is 370 g/mol. The van der Waals surface area contributed by atoms with Crippen molar-refractivity contribution in [3.63, 3.8) is 0 Å². The van der Waals surface area contributed by atoms with Crippen LogP contribution in [0, 0.1) is 6.92 Å². The van der Waals surface area contributed by atoms with Gasteiger partial charge in [-0.1, -0.05) is 34.1 Å². The molecule has 0 N–H and O–H groups in total. The summed E-state index contributed by atoms with van der Waals surface area (Å²) in [6.07, 6.45) is 2.53. The molecule has 0 saturated carbocycles. The van der Waals surface area contributed by atoms with Crippen LogP contribution in [0.15, 0.2) is 28.7 Å². The summed E-state index contributed by atoms with van der Waals surface area (Å²) in [7, 11) is -2.43. The first-order valence-electron chi connectivity index (χ1n) is 6.83. The molecule has 7 heteroatoms. The second kappa shape index (κ2) is 6.93. The maximum absolute atomic E-state index is 12.1. The quantitative estimate of drug-likeness (QED) is 0.743. The molecule has 5 nitrogen and oxygen atoms in total. The van der Waals surface area contributed by atoms with Crippen LogP contribution < -0.4 is 0 Å². The normalized spacial score (nSPS) is 16.2. The van der Waals surface area contributed by atoms with Gasteiger partial charge in [-0.15, -0.1) is 0 Å². The molecule has 0 atom stereocenters. The van der Waals surface area contributed by atoms with Gasteiger partial charge >= 0.3 is 5.97 Å². The SMILES string of the molecule is COC(=O)CS(=O)(=O)N1CC=C(c2ccc(Br)c(C)c2)CC1. The largest absolute Gasteiger partial charge is 0.468 e. The lowest BCUT2D eigenvalue weighted by molar-refractivity contribution is -0.137. The second-order valence-corrected chi connectivity index (χ2v) is 7.96. The molecule has 1 aliphatic rings. The molecule has 0 spiro atoms. The standard InChI is InChI=1S/C15H18BrNO4S/c1-11-9-13(3-4-14(11)16)12-5-7-17(8-6-12)22(19,20)10-15(18)21-2/h3-5,9H,6-8,10H2,1-2H3. The zero-order chi connectivity index (χ0) is 16.3. The molecule has 1 heterocycles. The molecule has 0 aromatic heterocycles. The Morgan fingerprint density at radius 1 is 1.41 bits per heavy atom. The molecule has 0 fully saturated rings. The zero-order valence-electron chi connectivity index (χ0n) is 12.5. The van der Waals surface area contributed by atoms with Crippen LogP contribution in [0.3, 0.4) is 0 Å². The molecule has 22 heavy (non-hydrogen) atoms. The maximum Gasteiger partial charge on any atom is 0.322 e. The monoisotopic (exact) mass is 387 g/mol. The average Bonchev–Trinajstić information content (AvgIpc) is 2.49. The highest BCUT2D eigenvalue weighted by atomic mass is 79.9. The van der Waals surface area contributed by atoms with Gasteiger partial charge in [0, 0.05) is 17.6 Å². The Bertz CT molecular complexity index is 712. The van der Waals surface area contributed by atoms with Crippen LogP contribution in [0.5, 0.6) is 0 Å². The lowest BCUT2D eigenvalue weighted by atomic mass is 9.99. The van der Waals surface area contributed by atoms with E-state index in [1.807, 2.05) is 25.1 Å². The summed E-state index contributed by atoms with van der Waals surface area (Å²) in [4.78, 5) is 11.2. The van der Waals surface area contributed by atoms with Crippen LogP contribution in [0.4, 0.5) is 0 Å². The summed E-state index contributed by atoms with van der Waals surface area (Å²) in [6.45, 7) is 2.67. The highest BCUT2D eigenvalue weighted by molar-refractivity contribution is 9.10. The van der Waals surface area contributed by atoms with E-state index in [9.17, 15) is 13.2 Å². The molecule has 1 aliphatic heterocycles. The number of carbonyl (C=O) groups excluding carboxylic acids is 1. The molecule has 1 aromatic carbocycles. The Kier molecular flexibility index (Phi) is 5.41. The number of carbonyl (C=O) groups is 1. The number of sulfonamides is 1. The number of halogens is 1. The number of hydrogen-bond donors (Lipinski definition) is 0. The van der Waals surface area contributed by atoms with E-state index in [1.165, 1.54) is 11.4 Å². The Labute approximate surface area is 139 Å². The molecule has 2 rings (SSSR count). The molecule has 0 bridgehead atoms. The minimum absolute atomic E-state index is 0.282. The van der Waals surface area contributed by atoms with Crippen LogP contribution in [-0.2, 0) is 19.6 Å². The van der Waals surface area contributed by atoms with E-state index in [1.54, 1.807) is 0 Å². The minimum Gasteiger partial charge on any atom is -0.468 e. The molecule has 0 saturated heterocycles. The summed E-state index contributed by atoms with van der Waals surface area (Å²) in [6, 6.07) is 6.09. The molecular formula is C15H18BrNO4S. The van der Waals surface area contributed by atoms with E-state index in [-0.39, 0.29) is 6.54 Å². The number of rotatable bonds is 4. The molecule has 0 radical (unpaired) electrons. The van der Waals surface area contributed by atoms with Crippen molar-refractivity contribution in [2.75, 3.05) is 26.0 Å². The predicted octanol–water partition coefficient (Wildman–Crippen LogP) is 2.35. The number of esters is 1. The Balaban J connectivity index is 2.12. The van der Waals surface area contributed by atoms with E-state index in [0.29, 0.717) is 13.0 Å². The third kappa shape index (κ3) is 3.97. The number of aryl methyl sites for hydroxylation is 1. The number of hydrogen-bond acceptors (Lipinski definition) is 4. The zero-order valence-corrected chi connectivity index (χ0v) is 14.9. The van der Waals surface area contributed by atoms with Gasteiger partial charge in [0.2, 0.25) is 10.0 Å². The molecule has 0 aliphatic carbocycles. The van der Waals surface area contributed by atoms with Crippen molar-refractivity contribution in [3.8, 4) is 0 Å². The van der Waals surface area contributed by atoms with Gasteiger partial charge in [-0.25, -0.2) is 8.42 Å². The van der Waals surface area contributed by atoms with E-state index in [0.717, 1.165) is 21.2 Å².